The van der Waals surface area contributed by atoms with Gasteiger partial charge in [-0.05, 0) is 12.8 Å². The Labute approximate surface area is 333 Å². The smallest absolute Gasteiger partial charge is 0.305 e. The first-order chi connectivity index (χ1) is 26.8. The molecule has 324 valence electrons. The van der Waals surface area contributed by atoms with Crippen LogP contribution in [0.1, 0.15) is 168 Å². The molecule has 0 amide bonds. The van der Waals surface area contributed by atoms with Gasteiger partial charge in [-0.2, -0.15) is 0 Å². The fourth-order valence-electron chi connectivity index (χ4n) is 5.91. The van der Waals surface area contributed by atoms with Crippen LogP contribution in [-0.4, -0.2) is 118 Å². The van der Waals surface area contributed by atoms with Gasteiger partial charge < -0.3 is 42.6 Å². The zero-order chi connectivity index (χ0) is 38.9. The van der Waals surface area contributed by atoms with Gasteiger partial charge in [-0.1, -0.05) is 149 Å². The summed E-state index contributed by atoms with van der Waals surface area (Å²) in [4.78, 5) is 11.8. The molecule has 0 radical (unpaired) electrons. The fourth-order valence-corrected chi connectivity index (χ4v) is 5.91. The summed E-state index contributed by atoms with van der Waals surface area (Å²) in [6.45, 7) is 13.5. The van der Waals surface area contributed by atoms with Crippen molar-refractivity contribution in [3.63, 3.8) is 0 Å². The van der Waals surface area contributed by atoms with Crippen molar-refractivity contribution in [2.24, 2.45) is 0 Å². The predicted octanol–water partition coefficient (Wildman–Crippen LogP) is 10.1. The van der Waals surface area contributed by atoms with Crippen LogP contribution in [-0.2, 0) is 47.4 Å². The molecule has 0 aliphatic carbocycles. The lowest BCUT2D eigenvalue weighted by molar-refractivity contribution is -0.145. The lowest BCUT2D eigenvalue weighted by atomic mass is 10.0. The third kappa shape index (κ3) is 49.2. The molecule has 0 spiro atoms. The van der Waals surface area contributed by atoms with Crippen LogP contribution in [0.2, 0.25) is 0 Å². The van der Waals surface area contributed by atoms with E-state index in [2.05, 4.69) is 13.8 Å². The number of carbonyl (C=O) groups is 1. The highest BCUT2D eigenvalue weighted by molar-refractivity contribution is 5.69. The van der Waals surface area contributed by atoms with E-state index in [-0.39, 0.29) is 5.97 Å². The Bertz CT molecular complexity index is 684. The number of ether oxygens (including phenoxy) is 9. The second-order valence-corrected chi connectivity index (χ2v) is 14.3. The molecule has 10 heteroatoms. The summed E-state index contributed by atoms with van der Waals surface area (Å²) >= 11 is 0. The lowest BCUT2D eigenvalue weighted by Crippen LogP contribution is -2.15. The quantitative estimate of drug-likeness (QED) is 0.0439. The molecule has 0 aromatic carbocycles. The second-order valence-electron chi connectivity index (χ2n) is 14.3. The van der Waals surface area contributed by atoms with Crippen LogP contribution >= 0.6 is 0 Å². The predicted molar refractivity (Wildman–Crippen MR) is 220 cm³/mol. The van der Waals surface area contributed by atoms with Gasteiger partial charge in [0.05, 0.1) is 99.1 Å². The summed E-state index contributed by atoms with van der Waals surface area (Å²) in [7, 11) is 0. The van der Waals surface area contributed by atoms with Crippen LogP contribution in [0, 0.1) is 0 Å². The third-order valence-electron chi connectivity index (χ3n) is 9.22. The number of hydrogen-bond donors (Lipinski definition) is 0. The molecule has 0 unspecified atom stereocenters. The van der Waals surface area contributed by atoms with Crippen molar-refractivity contribution in [1.29, 1.82) is 0 Å². The summed E-state index contributed by atoms with van der Waals surface area (Å²) in [6, 6.07) is 0. The molecule has 0 atom stereocenters. The zero-order valence-electron chi connectivity index (χ0n) is 35.6. The van der Waals surface area contributed by atoms with E-state index in [9.17, 15) is 4.79 Å². The monoisotopic (exact) mass is 777 g/mol. The Hall–Kier alpha value is -0.850. The summed E-state index contributed by atoms with van der Waals surface area (Å²) < 4.78 is 49.6. The van der Waals surface area contributed by atoms with E-state index >= 15 is 0 Å². The van der Waals surface area contributed by atoms with Crippen molar-refractivity contribution in [2.75, 3.05) is 112 Å². The van der Waals surface area contributed by atoms with Gasteiger partial charge in [-0.3, -0.25) is 4.79 Å². The summed E-state index contributed by atoms with van der Waals surface area (Å²) in [5, 5.41) is 0. The second kappa shape index (κ2) is 50.2. The minimum atomic E-state index is -0.129. The summed E-state index contributed by atoms with van der Waals surface area (Å²) in [5.41, 5.74) is 0. The first-order valence-corrected chi connectivity index (χ1v) is 22.6. The Morgan fingerprint density at radius 1 is 0.259 bits per heavy atom. The van der Waals surface area contributed by atoms with Crippen LogP contribution < -0.4 is 0 Å². The number of carbonyl (C=O) groups excluding carboxylic acids is 1. The average Bonchev–Trinajstić information content (AvgIpc) is 3.18. The van der Waals surface area contributed by atoms with E-state index in [1.165, 1.54) is 128 Å². The van der Waals surface area contributed by atoms with Crippen LogP contribution in [0.3, 0.4) is 0 Å². The average molecular weight is 777 g/mol. The van der Waals surface area contributed by atoms with E-state index in [1.54, 1.807) is 0 Å². The standard InChI is InChI=1S/C44H88O10/c1-3-5-7-9-11-13-14-15-16-17-19-21-23-25-27-46-28-29-47-30-31-48-32-33-49-34-35-50-36-37-51-38-39-52-40-41-53-42-43-54-44(45)26-24-22-20-18-12-10-8-6-4-2/h3-43H2,1-2H3. The Balaban J connectivity index is 3.10. The highest BCUT2D eigenvalue weighted by Crippen LogP contribution is 2.13. The van der Waals surface area contributed by atoms with Crippen molar-refractivity contribution in [3.8, 4) is 0 Å². The molecule has 0 saturated carbocycles. The van der Waals surface area contributed by atoms with Crippen LogP contribution in [0.5, 0.6) is 0 Å². The molecule has 0 aromatic heterocycles. The van der Waals surface area contributed by atoms with E-state index in [1.807, 2.05) is 0 Å². The number of hydrogen-bond acceptors (Lipinski definition) is 10. The Morgan fingerprint density at radius 3 is 0.778 bits per heavy atom. The van der Waals surface area contributed by atoms with Gasteiger partial charge in [0.2, 0.25) is 0 Å². The molecule has 10 nitrogen and oxygen atoms in total. The number of esters is 1. The molecular formula is C44H88O10. The molecule has 0 rings (SSSR count). The number of rotatable bonds is 49. The third-order valence-corrected chi connectivity index (χ3v) is 9.22. The van der Waals surface area contributed by atoms with Gasteiger partial charge >= 0.3 is 5.97 Å². The van der Waals surface area contributed by atoms with E-state index in [0.717, 1.165) is 25.9 Å². The fraction of sp³-hybridized carbons (Fsp3) is 0.977. The lowest BCUT2D eigenvalue weighted by Gasteiger charge is -2.09. The maximum Gasteiger partial charge on any atom is 0.305 e. The molecule has 0 heterocycles. The van der Waals surface area contributed by atoms with Gasteiger partial charge in [0, 0.05) is 13.0 Å². The molecule has 0 fully saturated rings. The van der Waals surface area contributed by atoms with E-state index in [4.69, 9.17) is 42.6 Å². The molecule has 0 saturated heterocycles. The van der Waals surface area contributed by atoms with E-state index in [0.29, 0.717) is 112 Å². The van der Waals surface area contributed by atoms with Crippen molar-refractivity contribution < 1.29 is 47.4 Å². The maximum absolute atomic E-state index is 11.8. The zero-order valence-corrected chi connectivity index (χ0v) is 35.6. The first kappa shape index (κ1) is 53.1. The van der Waals surface area contributed by atoms with E-state index < -0.39 is 0 Å². The van der Waals surface area contributed by atoms with Gasteiger partial charge in [0.1, 0.15) is 6.61 Å². The Morgan fingerprint density at radius 2 is 0.481 bits per heavy atom. The van der Waals surface area contributed by atoms with Gasteiger partial charge in [-0.15, -0.1) is 0 Å². The van der Waals surface area contributed by atoms with Crippen molar-refractivity contribution in [1.82, 2.24) is 0 Å². The highest BCUT2D eigenvalue weighted by Gasteiger charge is 2.03. The minimum absolute atomic E-state index is 0.129. The van der Waals surface area contributed by atoms with Crippen molar-refractivity contribution in [2.45, 2.75) is 168 Å². The van der Waals surface area contributed by atoms with Crippen LogP contribution in [0.4, 0.5) is 0 Å². The van der Waals surface area contributed by atoms with Gasteiger partial charge in [-0.25, -0.2) is 0 Å². The SMILES string of the molecule is CCCCCCCCCCCCCCCCOCCOCCOCCOCCOCCOCCOCCOCCOC(=O)CCCCCCCCCCC. The van der Waals surface area contributed by atoms with Gasteiger partial charge in [0.25, 0.3) is 0 Å². The first-order valence-electron chi connectivity index (χ1n) is 22.6. The topological polar surface area (TPSA) is 100 Å². The van der Waals surface area contributed by atoms with Gasteiger partial charge in [0.15, 0.2) is 0 Å². The highest BCUT2D eigenvalue weighted by atomic mass is 16.6. The summed E-state index contributed by atoms with van der Waals surface area (Å²) in [6.07, 6.45) is 30.9. The molecule has 0 aliphatic heterocycles. The normalized spacial score (nSPS) is 11.5. The van der Waals surface area contributed by atoms with Crippen molar-refractivity contribution in [3.05, 3.63) is 0 Å². The molecule has 0 aliphatic rings. The minimum Gasteiger partial charge on any atom is -0.463 e. The molecule has 0 aromatic rings. The number of unbranched alkanes of at least 4 members (excludes halogenated alkanes) is 21. The van der Waals surface area contributed by atoms with Crippen molar-refractivity contribution >= 4 is 5.97 Å². The largest absolute Gasteiger partial charge is 0.463 e. The van der Waals surface area contributed by atoms with Crippen LogP contribution in [0.25, 0.3) is 0 Å². The van der Waals surface area contributed by atoms with Crippen LogP contribution in [0.15, 0.2) is 0 Å². The molecule has 0 N–H and O–H groups in total. The molecule has 0 bridgehead atoms. The summed E-state index contributed by atoms with van der Waals surface area (Å²) in [5.74, 6) is -0.129. The molecule has 54 heavy (non-hydrogen) atoms. The Kier molecular flexibility index (Phi) is 49.4. The molecular weight excluding hydrogens is 688 g/mol. The maximum atomic E-state index is 11.8.